The number of carbonyl (C=O) groups excluding carboxylic acids is 1. The van der Waals surface area contributed by atoms with E-state index in [-0.39, 0.29) is 23.9 Å². The molecule has 0 aromatic heterocycles. The SMILES string of the molecule is COC(=O)[C@@H]1CC(Oc2ccccc2F)CN1. The van der Waals surface area contributed by atoms with E-state index in [1.165, 1.54) is 13.2 Å². The Kier molecular flexibility index (Phi) is 3.58. The van der Waals surface area contributed by atoms with Gasteiger partial charge in [-0.25, -0.2) is 4.39 Å². The Morgan fingerprint density at radius 1 is 1.47 bits per heavy atom. The van der Waals surface area contributed by atoms with E-state index in [0.29, 0.717) is 13.0 Å². The highest BCUT2D eigenvalue weighted by Gasteiger charge is 2.31. The quantitative estimate of drug-likeness (QED) is 0.803. The molecule has 1 fully saturated rings. The highest BCUT2D eigenvalue weighted by Crippen LogP contribution is 2.20. The minimum Gasteiger partial charge on any atom is -0.486 e. The molecule has 2 atom stereocenters. The van der Waals surface area contributed by atoms with E-state index in [2.05, 4.69) is 10.1 Å². The van der Waals surface area contributed by atoms with Crippen LogP contribution in [0.25, 0.3) is 0 Å². The van der Waals surface area contributed by atoms with Gasteiger partial charge in [-0.1, -0.05) is 12.1 Å². The first kappa shape index (κ1) is 11.9. The lowest BCUT2D eigenvalue weighted by Gasteiger charge is -2.13. The van der Waals surface area contributed by atoms with E-state index in [1.54, 1.807) is 18.2 Å². The van der Waals surface area contributed by atoms with Crippen molar-refractivity contribution in [3.63, 3.8) is 0 Å². The van der Waals surface area contributed by atoms with Crippen LogP contribution in [0.3, 0.4) is 0 Å². The van der Waals surface area contributed by atoms with E-state index < -0.39 is 5.82 Å². The summed E-state index contributed by atoms with van der Waals surface area (Å²) in [7, 11) is 1.34. The van der Waals surface area contributed by atoms with E-state index in [4.69, 9.17) is 4.74 Å². The molecule has 1 heterocycles. The van der Waals surface area contributed by atoms with Crippen LogP contribution in [0.15, 0.2) is 24.3 Å². The maximum Gasteiger partial charge on any atom is 0.323 e. The highest BCUT2D eigenvalue weighted by molar-refractivity contribution is 5.76. The van der Waals surface area contributed by atoms with Crippen molar-refractivity contribution in [1.29, 1.82) is 0 Å². The van der Waals surface area contributed by atoms with Crippen LogP contribution in [0.4, 0.5) is 4.39 Å². The normalized spacial score (nSPS) is 23.4. The lowest BCUT2D eigenvalue weighted by Crippen LogP contribution is -2.31. The van der Waals surface area contributed by atoms with Crippen molar-refractivity contribution in [2.24, 2.45) is 0 Å². The van der Waals surface area contributed by atoms with Crippen LogP contribution in [0.1, 0.15) is 6.42 Å². The molecule has 0 bridgehead atoms. The molecule has 0 saturated carbocycles. The fourth-order valence-electron chi connectivity index (χ4n) is 1.83. The van der Waals surface area contributed by atoms with Gasteiger partial charge in [0.1, 0.15) is 12.1 Å². The zero-order valence-electron chi connectivity index (χ0n) is 9.48. The summed E-state index contributed by atoms with van der Waals surface area (Å²) in [5, 5.41) is 2.98. The molecule has 4 nitrogen and oxygen atoms in total. The first-order valence-corrected chi connectivity index (χ1v) is 5.43. The molecule has 17 heavy (non-hydrogen) atoms. The maximum atomic E-state index is 13.3. The molecule has 2 rings (SSSR count). The van der Waals surface area contributed by atoms with E-state index >= 15 is 0 Å². The van der Waals surface area contributed by atoms with Gasteiger partial charge in [0, 0.05) is 13.0 Å². The van der Waals surface area contributed by atoms with Crippen molar-refractivity contribution < 1.29 is 18.7 Å². The number of rotatable bonds is 3. The summed E-state index contributed by atoms with van der Waals surface area (Å²) in [5.74, 6) is -0.497. The van der Waals surface area contributed by atoms with E-state index in [0.717, 1.165) is 0 Å². The molecular weight excluding hydrogens is 225 g/mol. The van der Waals surface area contributed by atoms with Crippen molar-refractivity contribution in [2.75, 3.05) is 13.7 Å². The molecule has 92 valence electrons. The van der Waals surface area contributed by atoms with Crippen molar-refractivity contribution in [3.8, 4) is 5.75 Å². The first-order chi connectivity index (χ1) is 8.20. The first-order valence-electron chi connectivity index (χ1n) is 5.43. The van der Waals surface area contributed by atoms with Crippen LogP contribution < -0.4 is 10.1 Å². The third-order valence-corrected chi connectivity index (χ3v) is 2.71. The van der Waals surface area contributed by atoms with Gasteiger partial charge in [-0.3, -0.25) is 4.79 Å². The predicted molar refractivity (Wildman–Crippen MR) is 59.2 cm³/mol. The van der Waals surface area contributed by atoms with Crippen molar-refractivity contribution in [1.82, 2.24) is 5.32 Å². The van der Waals surface area contributed by atoms with E-state index in [1.807, 2.05) is 0 Å². The van der Waals surface area contributed by atoms with Crippen molar-refractivity contribution >= 4 is 5.97 Å². The fourth-order valence-corrected chi connectivity index (χ4v) is 1.83. The lowest BCUT2D eigenvalue weighted by molar-refractivity contribution is -0.142. The summed E-state index contributed by atoms with van der Waals surface area (Å²) < 4.78 is 23.4. The number of carbonyl (C=O) groups is 1. The number of esters is 1. The second-order valence-electron chi connectivity index (χ2n) is 3.89. The zero-order chi connectivity index (χ0) is 12.3. The fraction of sp³-hybridized carbons (Fsp3) is 0.417. The summed E-state index contributed by atoms with van der Waals surface area (Å²) >= 11 is 0. The van der Waals surface area contributed by atoms with Gasteiger partial charge in [-0.15, -0.1) is 0 Å². The molecule has 1 N–H and O–H groups in total. The lowest BCUT2D eigenvalue weighted by atomic mass is 10.2. The molecule has 1 aliphatic heterocycles. The summed E-state index contributed by atoms with van der Waals surface area (Å²) in [6, 6.07) is 5.86. The third-order valence-electron chi connectivity index (χ3n) is 2.71. The van der Waals surface area contributed by atoms with Crippen LogP contribution >= 0.6 is 0 Å². The monoisotopic (exact) mass is 239 g/mol. The van der Waals surface area contributed by atoms with E-state index in [9.17, 15) is 9.18 Å². The molecule has 1 aromatic rings. The summed E-state index contributed by atoms with van der Waals surface area (Å²) in [4.78, 5) is 11.3. The molecule has 1 saturated heterocycles. The minimum absolute atomic E-state index is 0.212. The summed E-state index contributed by atoms with van der Waals surface area (Å²) in [6.07, 6.45) is 0.275. The van der Waals surface area contributed by atoms with Crippen LogP contribution in [0, 0.1) is 5.82 Å². The van der Waals surface area contributed by atoms with Gasteiger partial charge in [-0.2, -0.15) is 0 Å². The van der Waals surface area contributed by atoms with Crippen LogP contribution in [-0.2, 0) is 9.53 Å². The maximum absolute atomic E-state index is 13.3. The van der Waals surface area contributed by atoms with Gasteiger partial charge in [0.2, 0.25) is 0 Å². The Bertz CT molecular complexity index is 410. The number of hydrogen-bond acceptors (Lipinski definition) is 4. The Labute approximate surface area is 98.7 Å². The molecule has 0 radical (unpaired) electrons. The molecule has 5 heteroatoms. The predicted octanol–water partition coefficient (Wildman–Crippen LogP) is 1.11. The number of benzene rings is 1. The third kappa shape index (κ3) is 2.74. The molecule has 1 unspecified atom stereocenters. The Morgan fingerprint density at radius 3 is 2.94 bits per heavy atom. The number of hydrogen-bond donors (Lipinski definition) is 1. The molecule has 1 aliphatic rings. The standard InChI is InChI=1S/C12H14FNO3/c1-16-12(15)10-6-8(7-14-10)17-11-5-3-2-4-9(11)13/h2-5,8,10,14H,6-7H2,1H3/t8?,10-/m0/s1. The van der Waals surface area contributed by atoms with Crippen molar-refractivity contribution in [2.45, 2.75) is 18.6 Å². The number of methoxy groups -OCH3 is 1. The highest BCUT2D eigenvalue weighted by atomic mass is 19.1. The topological polar surface area (TPSA) is 47.6 Å². The summed E-state index contributed by atoms with van der Waals surface area (Å²) in [6.45, 7) is 0.508. The van der Waals surface area contributed by atoms with Crippen molar-refractivity contribution in [3.05, 3.63) is 30.1 Å². The summed E-state index contributed by atoms with van der Waals surface area (Å²) in [5.41, 5.74) is 0. The average Bonchev–Trinajstić information content (AvgIpc) is 2.80. The number of para-hydroxylation sites is 1. The number of halogens is 1. The Balaban J connectivity index is 1.94. The number of nitrogens with one attached hydrogen (secondary N) is 1. The molecule has 1 aromatic carbocycles. The smallest absolute Gasteiger partial charge is 0.323 e. The second-order valence-corrected chi connectivity index (χ2v) is 3.89. The Hall–Kier alpha value is -1.62. The van der Waals surface area contributed by atoms with Crippen LogP contribution in [-0.4, -0.2) is 31.8 Å². The largest absolute Gasteiger partial charge is 0.486 e. The van der Waals surface area contributed by atoms with Crippen LogP contribution in [0.2, 0.25) is 0 Å². The van der Waals surface area contributed by atoms with Crippen LogP contribution in [0.5, 0.6) is 5.75 Å². The average molecular weight is 239 g/mol. The van der Waals surface area contributed by atoms with Gasteiger partial charge >= 0.3 is 5.97 Å². The molecule has 0 amide bonds. The number of ether oxygens (including phenoxy) is 2. The van der Waals surface area contributed by atoms with Gasteiger partial charge in [-0.05, 0) is 12.1 Å². The molecule has 0 spiro atoms. The van der Waals surface area contributed by atoms with Gasteiger partial charge < -0.3 is 14.8 Å². The molecular formula is C12H14FNO3. The van der Waals surface area contributed by atoms with Gasteiger partial charge in [0.25, 0.3) is 0 Å². The molecule has 0 aliphatic carbocycles. The minimum atomic E-state index is -0.394. The van der Waals surface area contributed by atoms with Gasteiger partial charge in [0.05, 0.1) is 7.11 Å². The Morgan fingerprint density at radius 2 is 2.24 bits per heavy atom. The van der Waals surface area contributed by atoms with Gasteiger partial charge in [0.15, 0.2) is 11.6 Å². The zero-order valence-corrected chi connectivity index (χ0v) is 9.48. The second kappa shape index (κ2) is 5.14.